The van der Waals surface area contributed by atoms with Crippen LogP contribution in [0.15, 0.2) is 29.3 Å². The Morgan fingerprint density at radius 3 is 2.74 bits per heavy atom. The predicted molar refractivity (Wildman–Crippen MR) is 117 cm³/mol. The largest absolute Gasteiger partial charge is 0.370 e. The van der Waals surface area contributed by atoms with E-state index in [0.717, 1.165) is 37.2 Å². The van der Waals surface area contributed by atoms with Crippen LogP contribution in [0.2, 0.25) is 0 Å². The fourth-order valence-corrected chi connectivity index (χ4v) is 3.14. The zero-order valence-corrected chi connectivity index (χ0v) is 18.8. The van der Waals surface area contributed by atoms with Crippen molar-refractivity contribution in [3.63, 3.8) is 0 Å². The summed E-state index contributed by atoms with van der Waals surface area (Å²) in [7, 11) is 1.97. The molecule has 0 bridgehead atoms. The summed E-state index contributed by atoms with van der Waals surface area (Å²) in [4.78, 5) is 7.06. The Morgan fingerprint density at radius 1 is 1.30 bits per heavy atom. The van der Waals surface area contributed by atoms with Crippen LogP contribution >= 0.6 is 24.0 Å². The van der Waals surface area contributed by atoms with Gasteiger partial charge in [0.05, 0.1) is 13.2 Å². The van der Waals surface area contributed by atoms with Gasteiger partial charge in [0.2, 0.25) is 0 Å². The molecule has 2 heterocycles. The van der Waals surface area contributed by atoms with Gasteiger partial charge in [0.25, 0.3) is 0 Å². The quantitative estimate of drug-likeness (QED) is 0.411. The third kappa shape index (κ3) is 5.19. The number of hydrogen-bond acceptors (Lipinski definition) is 4. The van der Waals surface area contributed by atoms with E-state index in [9.17, 15) is 0 Å². The van der Waals surface area contributed by atoms with E-state index in [2.05, 4.69) is 58.5 Å². The fourth-order valence-electron chi connectivity index (χ4n) is 3.14. The smallest absolute Gasteiger partial charge is 0.194 e. The van der Waals surface area contributed by atoms with Crippen LogP contribution in [0.4, 0.5) is 0 Å². The van der Waals surface area contributed by atoms with Gasteiger partial charge in [-0.1, -0.05) is 24.3 Å². The zero-order valence-electron chi connectivity index (χ0n) is 16.5. The number of morpholine rings is 1. The van der Waals surface area contributed by atoms with Crippen LogP contribution in [0, 0.1) is 13.8 Å². The van der Waals surface area contributed by atoms with Crippen LogP contribution in [0.25, 0.3) is 0 Å². The molecule has 1 aromatic carbocycles. The first kappa shape index (κ1) is 21.6. The molecule has 7 nitrogen and oxygen atoms in total. The van der Waals surface area contributed by atoms with Gasteiger partial charge in [-0.3, -0.25) is 0 Å². The molecule has 8 heteroatoms. The van der Waals surface area contributed by atoms with E-state index in [4.69, 9.17) is 9.73 Å². The molecule has 27 heavy (non-hydrogen) atoms. The first-order valence-electron chi connectivity index (χ1n) is 9.15. The summed E-state index contributed by atoms with van der Waals surface area (Å²) in [6.45, 7) is 9.79. The standard InChI is InChI=1S/C19H28N6O.HI/c1-5-20-19(21-12-18-23-22-15(3)24(18)4)25-10-11-26-17(13-25)16-9-7-6-8-14(16)2;/h6-9,17H,5,10-13H2,1-4H3,(H,20,21);1H. The number of aryl methyl sites for hydroxylation is 2. The molecule has 1 aliphatic rings. The van der Waals surface area contributed by atoms with Gasteiger partial charge in [0, 0.05) is 20.1 Å². The van der Waals surface area contributed by atoms with Crippen molar-refractivity contribution >= 4 is 29.9 Å². The molecule has 1 aliphatic heterocycles. The van der Waals surface area contributed by atoms with Gasteiger partial charge < -0.3 is 19.5 Å². The normalized spacial score (nSPS) is 17.6. The number of rotatable bonds is 4. The minimum atomic E-state index is 0. The Balaban J connectivity index is 0.00000261. The lowest BCUT2D eigenvalue weighted by Gasteiger charge is -2.35. The first-order valence-corrected chi connectivity index (χ1v) is 9.15. The van der Waals surface area contributed by atoms with Crippen LogP contribution in [0.3, 0.4) is 0 Å². The molecule has 1 aromatic heterocycles. The molecular weight excluding hydrogens is 455 g/mol. The summed E-state index contributed by atoms with van der Waals surface area (Å²) in [6.07, 6.45) is 0.0610. The number of halogens is 1. The summed E-state index contributed by atoms with van der Waals surface area (Å²) < 4.78 is 8.01. The molecule has 1 saturated heterocycles. The van der Waals surface area contributed by atoms with Crippen molar-refractivity contribution in [1.82, 2.24) is 25.0 Å². The van der Waals surface area contributed by atoms with E-state index in [1.807, 2.05) is 18.5 Å². The molecular formula is C19H29IN6O. The lowest BCUT2D eigenvalue weighted by Crippen LogP contribution is -2.48. The molecule has 0 amide bonds. The van der Waals surface area contributed by atoms with Crippen LogP contribution in [0.1, 0.15) is 35.8 Å². The Bertz CT molecular complexity index is 775. The summed E-state index contributed by atoms with van der Waals surface area (Å²) in [5.41, 5.74) is 2.51. The van der Waals surface area contributed by atoms with Gasteiger partial charge in [-0.15, -0.1) is 34.2 Å². The average Bonchev–Trinajstić information content (AvgIpc) is 2.97. The van der Waals surface area contributed by atoms with Crippen molar-refractivity contribution in [2.24, 2.45) is 12.0 Å². The van der Waals surface area contributed by atoms with Crippen molar-refractivity contribution in [2.45, 2.75) is 33.4 Å². The number of hydrogen-bond donors (Lipinski definition) is 1. The van der Waals surface area contributed by atoms with Crippen molar-refractivity contribution < 1.29 is 4.74 Å². The maximum absolute atomic E-state index is 6.04. The van der Waals surface area contributed by atoms with E-state index in [1.165, 1.54) is 11.1 Å². The second-order valence-electron chi connectivity index (χ2n) is 6.55. The third-order valence-electron chi connectivity index (χ3n) is 4.79. The lowest BCUT2D eigenvalue weighted by atomic mass is 10.0. The lowest BCUT2D eigenvalue weighted by molar-refractivity contribution is -0.00834. The van der Waals surface area contributed by atoms with Crippen molar-refractivity contribution in [3.8, 4) is 0 Å². The number of ether oxygens (including phenoxy) is 1. The van der Waals surface area contributed by atoms with Crippen molar-refractivity contribution in [3.05, 3.63) is 47.0 Å². The molecule has 1 unspecified atom stereocenters. The monoisotopic (exact) mass is 484 g/mol. The third-order valence-corrected chi connectivity index (χ3v) is 4.79. The van der Waals surface area contributed by atoms with E-state index in [-0.39, 0.29) is 30.1 Å². The molecule has 3 rings (SSSR count). The van der Waals surface area contributed by atoms with Gasteiger partial charge in [0.1, 0.15) is 18.5 Å². The highest BCUT2D eigenvalue weighted by Crippen LogP contribution is 2.25. The number of aromatic nitrogens is 3. The number of guanidine groups is 1. The molecule has 1 atom stereocenters. The zero-order chi connectivity index (χ0) is 18.5. The predicted octanol–water partition coefficient (Wildman–Crippen LogP) is 2.59. The number of nitrogens with one attached hydrogen (secondary N) is 1. The molecule has 0 aliphatic carbocycles. The Morgan fingerprint density at radius 2 is 2.07 bits per heavy atom. The van der Waals surface area contributed by atoms with Gasteiger partial charge >= 0.3 is 0 Å². The maximum atomic E-state index is 6.04. The van der Waals surface area contributed by atoms with Crippen molar-refractivity contribution in [1.29, 1.82) is 0 Å². The molecule has 2 aromatic rings. The molecule has 148 valence electrons. The van der Waals surface area contributed by atoms with Gasteiger partial charge in [-0.25, -0.2) is 4.99 Å². The second kappa shape index (κ2) is 10.0. The van der Waals surface area contributed by atoms with Crippen LogP contribution in [-0.4, -0.2) is 51.9 Å². The van der Waals surface area contributed by atoms with Crippen LogP contribution in [0.5, 0.6) is 0 Å². The summed E-state index contributed by atoms with van der Waals surface area (Å²) in [6, 6.07) is 8.41. The highest BCUT2D eigenvalue weighted by Gasteiger charge is 2.25. The topological polar surface area (TPSA) is 67.6 Å². The second-order valence-corrected chi connectivity index (χ2v) is 6.55. The summed E-state index contributed by atoms with van der Waals surface area (Å²) in [5.74, 6) is 2.66. The van der Waals surface area contributed by atoms with Crippen LogP contribution in [-0.2, 0) is 18.3 Å². The van der Waals surface area contributed by atoms with E-state index in [1.54, 1.807) is 0 Å². The Kier molecular flexibility index (Phi) is 8.03. The molecule has 0 spiro atoms. The highest BCUT2D eigenvalue weighted by atomic mass is 127. The number of aliphatic imine (C=N–C) groups is 1. The van der Waals surface area contributed by atoms with E-state index < -0.39 is 0 Å². The molecule has 0 saturated carbocycles. The molecule has 1 fully saturated rings. The molecule has 0 radical (unpaired) electrons. The van der Waals surface area contributed by atoms with Crippen molar-refractivity contribution in [2.75, 3.05) is 26.2 Å². The van der Waals surface area contributed by atoms with Crippen LogP contribution < -0.4 is 5.32 Å². The maximum Gasteiger partial charge on any atom is 0.194 e. The summed E-state index contributed by atoms with van der Waals surface area (Å²) in [5, 5.41) is 11.7. The van der Waals surface area contributed by atoms with Gasteiger partial charge in [-0.2, -0.15) is 0 Å². The van der Waals surface area contributed by atoms with E-state index >= 15 is 0 Å². The van der Waals surface area contributed by atoms with Gasteiger partial charge in [0.15, 0.2) is 11.8 Å². The highest BCUT2D eigenvalue weighted by molar-refractivity contribution is 14.0. The first-order chi connectivity index (χ1) is 12.6. The van der Waals surface area contributed by atoms with Gasteiger partial charge in [-0.05, 0) is 31.9 Å². The minimum Gasteiger partial charge on any atom is -0.370 e. The summed E-state index contributed by atoms with van der Waals surface area (Å²) >= 11 is 0. The number of benzene rings is 1. The SMILES string of the molecule is CCNC(=NCc1nnc(C)n1C)N1CCOC(c2ccccc2C)C1.I. The fraction of sp³-hybridized carbons (Fsp3) is 0.526. The minimum absolute atomic E-state index is 0. The Hall–Kier alpha value is -1.68. The number of nitrogens with zero attached hydrogens (tertiary/aromatic N) is 5. The average molecular weight is 484 g/mol. The Labute approximate surface area is 178 Å². The molecule has 1 N–H and O–H groups in total. The van der Waals surface area contributed by atoms with E-state index in [0.29, 0.717) is 13.2 Å².